The number of rotatable bonds is 0. The molecule has 0 atom stereocenters. The van der Waals surface area contributed by atoms with E-state index in [0.29, 0.717) is 0 Å². The van der Waals surface area contributed by atoms with Crippen LogP contribution in [-0.2, 0) is 0 Å². The van der Waals surface area contributed by atoms with Crippen molar-refractivity contribution in [3.8, 4) is 0 Å². The summed E-state index contributed by atoms with van der Waals surface area (Å²) in [7, 11) is 0. The lowest BCUT2D eigenvalue weighted by molar-refractivity contribution is 0.921. The molecule has 2 heteroatoms. The summed E-state index contributed by atoms with van der Waals surface area (Å²) in [5, 5.41) is 3.79. The molecular weight excluding hydrogens is 88.1 g/mol. The fraction of sp³-hybridized carbons (Fsp3) is 0.400. The first-order valence-corrected chi connectivity index (χ1v) is 2.36. The van der Waals surface area contributed by atoms with Gasteiger partial charge in [-0.15, -0.1) is 0 Å². The van der Waals surface area contributed by atoms with Crippen LogP contribution in [0.1, 0.15) is 13.3 Å². The summed E-state index contributed by atoms with van der Waals surface area (Å²) < 4.78 is 0. The van der Waals surface area contributed by atoms with Crippen molar-refractivity contribution in [2.75, 3.05) is 0 Å². The Bertz CT molecular complexity index is 103. The highest BCUT2D eigenvalue weighted by Crippen LogP contribution is 1.97. The summed E-state index contributed by atoms with van der Waals surface area (Å²) in [5.74, 6) is 0. The van der Waals surface area contributed by atoms with E-state index in [1.54, 1.807) is 0 Å². The average Bonchev–Trinajstić information content (AvgIpc) is 2.14. The van der Waals surface area contributed by atoms with Crippen molar-refractivity contribution >= 4 is 6.21 Å². The van der Waals surface area contributed by atoms with Crippen molar-refractivity contribution in [2.45, 2.75) is 13.3 Å². The summed E-state index contributed by atoms with van der Waals surface area (Å²) in [6, 6.07) is 0. The van der Waals surface area contributed by atoms with Crippen LogP contribution in [0.3, 0.4) is 0 Å². The van der Waals surface area contributed by atoms with Gasteiger partial charge in [-0.05, 0) is 6.92 Å². The lowest BCUT2D eigenvalue weighted by Gasteiger charge is -1.88. The second-order valence-corrected chi connectivity index (χ2v) is 1.44. The number of hydrogen-bond donors (Lipinski definition) is 1. The smallest absolute Gasteiger partial charge is 0.0347 e. The fourth-order valence-corrected chi connectivity index (χ4v) is 0.501. The maximum absolute atomic E-state index is 3.79. The average molecular weight is 96.1 g/mol. The molecule has 0 aliphatic carbocycles. The van der Waals surface area contributed by atoms with Gasteiger partial charge in [0.15, 0.2) is 0 Å². The predicted molar refractivity (Wildman–Crippen MR) is 30.0 cm³/mol. The van der Waals surface area contributed by atoms with Crippen molar-refractivity contribution in [2.24, 2.45) is 5.10 Å². The Morgan fingerprint density at radius 2 is 2.86 bits per heavy atom. The van der Waals surface area contributed by atoms with Gasteiger partial charge in [0.25, 0.3) is 0 Å². The van der Waals surface area contributed by atoms with E-state index in [1.807, 2.05) is 19.2 Å². The largest absolute Gasteiger partial charge is 0.283 e. The first-order chi connectivity index (χ1) is 3.43. The normalized spacial score (nSPS) is 23.3. The Hall–Kier alpha value is -0.790. The van der Waals surface area contributed by atoms with Gasteiger partial charge in [-0.3, -0.25) is 5.43 Å². The quantitative estimate of drug-likeness (QED) is 0.475. The van der Waals surface area contributed by atoms with Gasteiger partial charge < -0.3 is 0 Å². The Kier molecular flexibility index (Phi) is 1.11. The second-order valence-electron chi connectivity index (χ2n) is 1.44. The van der Waals surface area contributed by atoms with Gasteiger partial charge in [-0.25, -0.2) is 0 Å². The number of hydrazone groups is 1. The molecule has 7 heavy (non-hydrogen) atoms. The molecule has 0 radical (unpaired) electrons. The van der Waals surface area contributed by atoms with Gasteiger partial charge in [0.05, 0.1) is 0 Å². The van der Waals surface area contributed by atoms with E-state index >= 15 is 0 Å². The van der Waals surface area contributed by atoms with Crippen LogP contribution in [0.15, 0.2) is 16.9 Å². The molecule has 0 bridgehead atoms. The molecule has 1 heterocycles. The molecule has 0 aromatic heterocycles. The third kappa shape index (κ3) is 0.796. The maximum atomic E-state index is 3.79. The van der Waals surface area contributed by atoms with Gasteiger partial charge in [0.2, 0.25) is 0 Å². The molecule has 0 aromatic carbocycles. The predicted octanol–water partition coefficient (Wildman–Crippen LogP) is 0.869. The first kappa shape index (κ1) is 4.37. The highest BCUT2D eigenvalue weighted by molar-refractivity contribution is 5.63. The van der Waals surface area contributed by atoms with Gasteiger partial charge >= 0.3 is 0 Å². The van der Waals surface area contributed by atoms with Gasteiger partial charge in [-0.2, -0.15) is 5.10 Å². The summed E-state index contributed by atoms with van der Waals surface area (Å²) in [4.78, 5) is 0. The van der Waals surface area contributed by atoms with E-state index in [4.69, 9.17) is 0 Å². The van der Waals surface area contributed by atoms with Crippen LogP contribution in [0.5, 0.6) is 0 Å². The molecule has 0 saturated heterocycles. The Balaban J connectivity index is 2.51. The minimum atomic E-state index is 0.969. The van der Waals surface area contributed by atoms with Crippen molar-refractivity contribution in [1.82, 2.24) is 5.43 Å². The molecule has 0 amide bonds. The van der Waals surface area contributed by atoms with Gasteiger partial charge in [0.1, 0.15) is 0 Å². The molecule has 0 saturated carbocycles. The van der Waals surface area contributed by atoms with Crippen molar-refractivity contribution < 1.29 is 0 Å². The van der Waals surface area contributed by atoms with Crippen LogP contribution >= 0.6 is 0 Å². The SMILES string of the molecule is C/C=C1\CC=NN1. The van der Waals surface area contributed by atoms with Gasteiger partial charge in [-0.1, -0.05) is 6.08 Å². The number of nitrogens with zero attached hydrogens (tertiary/aromatic N) is 1. The fourth-order valence-electron chi connectivity index (χ4n) is 0.501. The minimum absolute atomic E-state index is 0.969. The zero-order chi connectivity index (χ0) is 5.11. The number of allylic oxidation sites excluding steroid dienone is 2. The van der Waals surface area contributed by atoms with Crippen molar-refractivity contribution in [3.63, 3.8) is 0 Å². The van der Waals surface area contributed by atoms with E-state index in [0.717, 1.165) is 6.42 Å². The topological polar surface area (TPSA) is 24.4 Å². The molecule has 2 nitrogen and oxygen atoms in total. The van der Waals surface area contributed by atoms with Crippen LogP contribution in [0.2, 0.25) is 0 Å². The Labute approximate surface area is 42.9 Å². The first-order valence-electron chi connectivity index (χ1n) is 2.36. The molecule has 0 spiro atoms. The molecule has 1 rings (SSSR count). The van der Waals surface area contributed by atoms with E-state index < -0.39 is 0 Å². The molecule has 1 aliphatic rings. The summed E-state index contributed by atoms with van der Waals surface area (Å²) in [6.07, 6.45) is 4.85. The summed E-state index contributed by atoms with van der Waals surface area (Å²) >= 11 is 0. The third-order valence-electron chi connectivity index (χ3n) is 0.959. The lowest BCUT2D eigenvalue weighted by Crippen LogP contribution is -1.94. The zero-order valence-electron chi connectivity index (χ0n) is 4.31. The molecule has 0 unspecified atom stereocenters. The highest BCUT2D eigenvalue weighted by atomic mass is 15.3. The standard InChI is InChI=1S/C5H8N2/c1-2-5-3-4-6-7-5/h2,4,7H,3H2,1H3/b5-2+. The number of nitrogens with one attached hydrogen (secondary N) is 1. The van der Waals surface area contributed by atoms with Crippen LogP contribution in [0.25, 0.3) is 0 Å². The number of hydrogen-bond acceptors (Lipinski definition) is 2. The van der Waals surface area contributed by atoms with Crippen LogP contribution in [0, 0.1) is 0 Å². The molecule has 38 valence electrons. The van der Waals surface area contributed by atoms with Crippen LogP contribution < -0.4 is 5.43 Å². The van der Waals surface area contributed by atoms with E-state index in [2.05, 4.69) is 10.5 Å². The molecule has 0 fully saturated rings. The van der Waals surface area contributed by atoms with Gasteiger partial charge in [0, 0.05) is 18.3 Å². The summed E-state index contributed by atoms with van der Waals surface area (Å²) in [5.41, 5.74) is 4.03. The Morgan fingerprint density at radius 1 is 2.00 bits per heavy atom. The molecular formula is C5H8N2. The summed E-state index contributed by atoms with van der Waals surface area (Å²) in [6.45, 7) is 2.00. The monoisotopic (exact) mass is 96.1 g/mol. The van der Waals surface area contributed by atoms with E-state index in [1.165, 1.54) is 5.70 Å². The third-order valence-corrected chi connectivity index (χ3v) is 0.959. The maximum Gasteiger partial charge on any atom is 0.0347 e. The minimum Gasteiger partial charge on any atom is -0.283 e. The van der Waals surface area contributed by atoms with Crippen molar-refractivity contribution in [3.05, 3.63) is 11.8 Å². The van der Waals surface area contributed by atoms with Crippen LogP contribution in [0.4, 0.5) is 0 Å². The Morgan fingerprint density at radius 3 is 3.14 bits per heavy atom. The second kappa shape index (κ2) is 1.78. The van der Waals surface area contributed by atoms with Crippen LogP contribution in [-0.4, -0.2) is 6.21 Å². The van der Waals surface area contributed by atoms with Crippen molar-refractivity contribution in [1.29, 1.82) is 0 Å². The zero-order valence-corrected chi connectivity index (χ0v) is 4.31. The highest BCUT2D eigenvalue weighted by Gasteiger charge is 1.94. The lowest BCUT2D eigenvalue weighted by atomic mass is 10.3. The molecule has 1 aliphatic heterocycles. The van der Waals surface area contributed by atoms with E-state index in [-0.39, 0.29) is 0 Å². The molecule has 0 aromatic rings. The van der Waals surface area contributed by atoms with E-state index in [9.17, 15) is 0 Å². The molecule has 1 N–H and O–H groups in total.